The van der Waals surface area contributed by atoms with Gasteiger partial charge in [0.05, 0.1) is 17.2 Å². The summed E-state index contributed by atoms with van der Waals surface area (Å²) < 4.78 is 1.80. The van der Waals surface area contributed by atoms with Gasteiger partial charge in [0.2, 0.25) is 0 Å². The maximum Gasteiger partial charge on any atom is 0.274 e. The maximum absolute atomic E-state index is 12.0. The van der Waals surface area contributed by atoms with Crippen molar-refractivity contribution in [1.29, 1.82) is 0 Å². The molecule has 0 aliphatic rings. The number of nitrogens with two attached hydrogens (primary N) is 1. The van der Waals surface area contributed by atoms with Crippen molar-refractivity contribution in [3.8, 4) is 0 Å². The summed E-state index contributed by atoms with van der Waals surface area (Å²) in [7, 11) is 0. The van der Waals surface area contributed by atoms with Gasteiger partial charge >= 0.3 is 0 Å². The molecule has 2 aromatic heterocycles. The van der Waals surface area contributed by atoms with Crippen LogP contribution in [-0.4, -0.2) is 9.97 Å². The molecule has 0 aliphatic heterocycles. The van der Waals surface area contributed by atoms with Crippen molar-refractivity contribution < 1.29 is 21.5 Å². The second-order valence-electron chi connectivity index (χ2n) is 4.79. The van der Waals surface area contributed by atoms with Crippen LogP contribution >= 0.6 is 0 Å². The summed E-state index contributed by atoms with van der Waals surface area (Å²) in [5, 5.41) is 0. The third-order valence-electron chi connectivity index (χ3n) is 3.21. The van der Waals surface area contributed by atoms with Crippen LogP contribution in [0.5, 0.6) is 0 Å². The quantitative estimate of drug-likeness (QED) is 0.535. The molecule has 0 atom stereocenters. The number of rotatable bonds is 2. The van der Waals surface area contributed by atoms with E-state index in [0.29, 0.717) is 18.1 Å². The van der Waals surface area contributed by atoms with Crippen LogP contribution in [0.15, 0.2) is 47.4 Å². The number of anilines is 1. The van der Waals surface area contributed by atoms with Crippen LogP contribution in [0.25, 0.3) is 11.0 Å². The van der Waals surface area contributed by atoms with Gasteiger partial charge in [-0.15, -0.1) is 0 Å². The van der Waals surface area contributed by atoms with E-state index in [4.69, 9.17) is 5.73 Å². The number of nitrogen functional groups attached to an aromatic ring is 1. The molecule has 0 fully saturated rings. The van der Waals surface area contributed by atoms with Gasteiger partial charge in [-0.05, 0) is 30.7 Å². The SMILES string of the molecule is Cc1cc[n+](Cc2nc3ccccc3[nH]c2=O)c(N)c1.[Br-]. The zero-order valence-electron chi connectivity index (χ0n) is 11.5. The highest BCUT2D eigenvalue weighted by Crippen LogP contribution is 2.06. The molecule has 3 rings (SSSR count). The number of hydrogen-bond donors (Lipinski definition) is 2. The van der Waals surface area contributed by atoms with E-state index in [1.54, 1.807) is 4.57 Å². The highest BCUT2D eigenvalue weighted by Gasteiger charge is 2.10. The number of halogens is 1. The molecule has 3 aromatic rings. The zero-order chi connectivity index (χ0) is 14.1. The first-order valence-electron chi connectivity index (χ1n) is 6.37. The van der Waals surface area contributed by atoms with Gasteiger partial charge in [0.1, 0.15) is 12.2 Å². The number of hydrogen-bond acceptors (Lipinski definition) is 3. The second kappa shape index (κ2) is 6.05. The molecule has 0 spiro atoms. The van der Waals surface area contributed by atoms with Gasteiger partial charge in [0, 0.05) is 6.07 Å². The number of aromatic nitrogens is 3. The Kier molecular flexibility index (Phi) is 4.37. The summed E-state index contributed by atoms with van der Waals surface area (Å²) in [5.74, 6) is 0.611. The van der Waals surface area contributed by atoms with E-state index in [1.807, 2.05) is 49.5 Å². The van der Waals surface area contributed by atoms with E-state index in [2.05, 4.69) is 9.97 Å². The Morgan fingerprint density at radius 3 is 2.81 bits per heavy atom. The number of aromatic amines is 1. The molecule has 0 saturated heterocycles. The van der Waals surface area contributed by atoms with Gasteiger partial charge in [-0.3, -0.25) is 10.5 Å². The number of aryl methyl sites for hydroxylation is 1. The third-order valence-corrected chi connectivity index (χ3v) is 3.21. The Morgan fingerprint density at radius 1 is 1.29 bits per heavy atom. The van der Waals surface area contributed by atoms with Crippen molar-refractivity contribution >= 4 is 16.9 Å². The number of pyridine rings is 1. The van der Waals surface area contributed by atoms with Crippen molar-refractivity contribution in [2.75, 3.05) is 5.73 Å². The van der Waals surface area contributed by atoms with Gasteiger partial charge < -0.3 is 22.0 Å². The highest BCUT2D eigenvalue weighted by molar-refractivity contribution is 5.73. The van der Waals surface area contributed by atoms with Crippen LogP contribution in [0.2, 0.25) is 0 Å². The summed E-state index contributed by atoms with van der Waals surface area (Å²) in [4.78, 5) is 19.3. The third kappa shape index (κ3) is 3.11. The van der Waals surface area contributed by atoms with E-state index in [1.165, 1.54) is 0 Å². The van der Waals surface area contributed by atoms with Gasteiger partial charge in [-0.2, -0.15) is 0 Å². The second-order valence-corrected chi connectivity index (χ2v) is 4.79. The predicted molar refractivity (Wildman–Crippen MR) is 77.3 cm³/mol. The van der Waals surface area contributed by atoms with Gasteiger partial charge in [0.25, 0.3) is 11.4 Å². The van der Waals surface area contributed by atoms with Crippen LogP contribution in [0.1, 0.15) is 11.3 Å². The Morgan fingerprint density at radius 2 is 2.05 bits per heavy atom. The van der Waals surface area contributed by atoms with Gasteiger partial charge in [0.15, 0.2) is 0 Å². The van der Waals surface area contributed by atoms with Crippen LogP contribution in [0.3, 0.4) is 0 Å². The Labute approximate surface area is 132 Å². The Balaban J connectivity index is 0.00000161. The lowest BCUT2D eigenvalue weighted by Gasteiger charge is -2.04. The lowest BCUT2D eigenvalue weighted by molar-refractivity contribution is -0.674. The molecule has 5 nitrogen and oxygen atoms in total. The topological polar surface area (TPSA) is 75.7 Å². The summed E-state index contributed by atoms with van der Waals surface area (Å²) in [6.45, 7) is 2.33. The van der Waals surface area contributed by atoms with Crippen molar-refractivity contribution in [3.63, 3.8) is 0 Å². The zero-order valence-corrected chi connectivity index (χ0v) is 13.1. The smallest absolute Gasteiger partial charge is 0.274 e. The van der Waals surface area contributed by atoms with Crippen molar-refractivity contribution in [2.24, 2.45) is 0 Å². The van der Waals surface area contributed by atoms with Crippen LogP contribution in [-0.2, 0) is 6.54 Å². The number of fused-ring (bicyclic) bond motifs is 1. The maximum atomic E-state index is 12.0. The van der Waals surface area contributed by atoms with E-state index >= 15 is 0 Å². The van der Waals surface area contributed by atoms with Crippen molar-refractivity contribution in [3.05, 3.63) is 64.2 Å². The minimum atomic E-state index is -0.184. The number of para-hydroxylation sites is 2. The van der Waals surface area contributed by atoms with Crippen LogP contribution in [0.4, 0.5) is 5.82 Å². The van der Waals surface area contributed by atoms with E-state index in [9.17, 15) is 4.79 Å². The Hall–Kier alpha value is -2.21. The van der Waals surface area contributed by atoms with Crippen molar-refractivity contribution in [1.82, 2.24) is 9.97 Å². The first kappa shape index (κ1) is 15.2. The highest BCUT2D eigenvalue weighted by atomic mass is 79.9. The lowest BCUT2D eigenvalue weighted by Crippen LogP contribution is -3.00. The fourth-order valence-corrected chi connectivity index (χ4v) is 2.14. The summed E-state index contributed by atoms with van der Waals surface area (Å²) in [6, 6.07) is 11.3. The fourth-order valence-electron chi connectivity index (χ4n) is 2.14. The monoisotopic (exact) mass is 346 g/mol. The molecule has 6 heteroatoms. The lowest BCUT2D eigenvalue weighted by atomic mass is 10.2. The standard InChI is InChI=1S/C15H14N4O.BrH/c1-10-6-7-19(14(16)8-10)9-13-15(20)18-12-5-3-2-4-11(12)17-13;/h2-8,16H,9H2,1H3,(H,18,20);1H. The molecule has 21 heavy (non-hydrogen) atoms. The fraction of sp³-hybridized carbons (Fsp3) is 0.133. The molecular formula is C15H15BrN4O. The van der Waals surface area contributed by atoms with Gasteiger partial charge in [-0.1, -0.05) is 12.1 Å². The molecule has 2 heterocycles. The molecule has 0 saturated carbocycles. The number of H-pyrrole nitrogens is 1. The number of benzene rings is 1. The first-order chi connectivity index (χ1) is 9.63. The van der Waals surface area contributed by atoms with E-state index in [-0.39, 0.29) is 22.5 Å². The number of nitrogens with zero attached hydrogens (tertiary/aromatic N) is 2. The summed E-state index contributed by atoms with van der Waals surface area (Å²) in [5.41, 5.74) is 8.81. The molecule has 1 aromatic carbocycles. The largest absolute Gasteiger partial charge is 1.00 e. The average molecular weight is 347 g/mol. The summed E-state index contributed by atoms with van der Waals surface area (Å²) >= 11 is 0. The van der Waals surface area contributed by atoms with E-state index in [0.717, 1.165) is 16.6 Å². The first-order valence-corrected chi connectivity index (χ1v) is 6.37. The minimum absolute atomic E-state index is 0. The molecule has 0 bridgehead atoms. The molecular weight excluding hydrogens is 332 g/mol. The summed E-state index contributed by atoms with van der Waals surface area (Å²) in [6.07, 6.45) is 1.86. The molecule has 3 N–H and O–H groups in total. The number of nitrogens with one attached hydrogen (secondary N) is 1. The predicted octanol–water partition coefficient (Wildman–Crippen LogP) is -1.85. The Bertz CT molecular complexity index is 844. The average Bonchev–Trinajstić information content (AvgIpc) is 2.42. The molecule has 0 aliphatic carbocycles. The molecule has 108 valence electrons. The normalized spacial score (nSPS) is 10.3. The van der Waals surface area contributed by atoms with Crippen LogP contribution < -0.4 is 32.8 Å². The van der Waals surface area contributed by atoms with E-state index < -0.39 is 0 Å². The molecule has 0 radical (unpaired) electrons. The van der Waals surface area contributed by atoms with Crippen molar-refractivity contribution in [2.45, 2.75) is 13.5 Å². The minimum Gasteiger partial charge on any atom is -1.00 e. The molecule has 0 unspecified atom stereocenters. The van der Waals surface area contributed by atoms with Crippen LogP contribution in [0, 0.1) is 6.92 Å². The van der Waals surface area contributed by atoms with Gasteiger partial charge in [-0.25, -0.2) is 9.55 Å². The molecule has 0 amide bonds.